The quantitative estimate of drug-likeness (QED) is 0.653. The average molecular weight is 373 g/mol. The lowest BCUT2D eigenvalue weighted by molar-refractivity contribution is 0.0634. The topological polar surface area (TPSA) is 88.9 Å². The van der Waals surface area contributed by atoms with E-state index in [1.807, 2.05) is 12.1 Å². The van der Waals surface area contributed by atoms with Crippen molar-refractivity contribution >= 4 is 11.7 Å². The molecule has 0 unspecified atom stereocenters. The summed E-state index contributed by atoms with van der Waals surface area (Å²) in [4.78, 5) is 44.0. The molecule has 0 saturated carbocycles. The smallest absolute Gasteiger partial charge is 0.257 e. The molecular formula is C21H19N5O2. The van der Waals surface area contributed by atoms with E-state index in [1.165, 1.54) is 12.4 Å². The van der Waals surface area contributed by atoms with Crippen LogP contribution in [0, 0.1) is 5.92 Å². The van der Waals surface area contributed by atoms with E-state index >= 15 is 0 Å². The molecule has 3 aromatic heterocycles. The van der Waals surface area contributed by atoms with Crippen LogP contribution < -0.4 is 0 Å². The molecule has 1 aliphatic heterocycles. The number of likely N-dealkylation sites (tertiary alicyclic amines) is 1. The summed E-state index contributed by atoms with van der Waals surface area (Å²) in [6.45, 7) is 1.01. The summed E-state index contributed by atoms with van der Waals surface area (Å²) >= 11 is 0. The van der Waals surface area contributed by atoms with E-state index < -0.39 is 0 Å². The van der Waals surface area contributed by atoms with Crippen molar-refractivity contribution in [3.63, 3.8) is 0 Å². The standard InChI is InChI=1S/C21H19N5O2/c27-19(18-7-1-2-9-23-18)16-6-4-10-26(14-16)21(28)17-12-24-20(25-13-17)15-5-3-8-22-11-15/h1-3,5,7-9,11-13,16H,4,6,10,14H2/t16-/m0/s1. The van der Waals surface area contributed by atoms with E-state index in [0.717, 1.165) is 18.4 Å². The van der Waals surface area contributed by atoms with Crippen molar-refractivity contribution in [1.29, 1.82) is 0 Å². The van der Waals surface area contributed by atoms with Crippen molar-refractivity contribution in [2.45, 2.75) is 12.8 Å². The van der Waals surface area contributed by atoms with Gasteiger partial charge >= 0.3 is 0 Å². The molecule has 1 atom stereocenters. The summed E-state index contributed by atoms with van der Waals surface area (Å²) in [6, 6.07) is 8.97. The second-order valence-corrected chi connectivity index (χ2v) is 6.71. The first kappa shape index (κ1) is 17.9. The number of hydrogen-bond acceptors (Lipinski definition) is 6. The van der Waals surface area contributed by atoms with Gasteiger partial charge in [0.1, 0.15) is 5.69 Å². The molecule has 3 aromatic rings. The van der Waals surface area contributed by atoms with Gasteiger partial charge in [0.2, 0.25) is 0 Å². The van der Waals surface area contributed by atoms with Gasteiger partial charge in [-0.15, -0.1) is 0 Å². The zero-order valence-electron chi connectivity index (χ0n) is 15.2. The molecule has 1 fully saturated rings. The molecule has 0 N–H and O–H groups in total. The van der Waals surface area contributed by atoms with Crippen molar-refractivity contribution < 1.29 is 9.59 Å². The SMILES string of the molecule is O=C(c1ccccn1)[C@H]1CCCN(C(=O)c2cnc(-c3cccnc3)nc2)C1. The van der Waals surface area contributed by atoms with E-state index in [1.54, 1.807) is 41.7 Å². The van der Waals surface area contributed by atoms with Gasteiger partial charge < -0.3 is 4.90 Å². The third-order valence-corrected chi connectivity index (χ3v) is 4.82. The highest BCUT2D eigenvalue weighted by Crippen LogP contribution is 2.22. The van der Waals surface area contributed by atoms with Gasteiger partial charge in [-0.1, -0.05) is 6.07 Å². The minimum atomic E-state index is -0.233. The highest BCUT2D eigenvalue weighted by atomic mass is 16.2. The fourth-order valence-corrected chi connectivity index (χ4v) is 3.36. The number of pyridine rings is 2. The number of amides is 1. The maximum absolute atomic E-state index is 12.9. The number of nitrogens with zero attached hydrogens (tertiary/aromatic N) is 5. The first-order valence-electron chi connectivity index (χ1n) is 9.19. The van der Waals surface area contributed by atoms with Gasteiger partial charge in [-0.2, -0.15) is 0 Å². The first-order valence-corrected chi connectivity index (χ1v) is 9.19. The van der Waals surface area contributed by atoms with E-state index in [2.05, 4.69) is 19.9 Å². The Hall–Kier alpha value is -3.48. The van der Waals surface area contributed by atoms with Gasteiger partial charge in [-0.25, -0.2) is 9.97 Å². The van der Waals surface area contributed by atoms with Crippen LogP contribution in [0.15, 0.2) is 61.3 Å². The van der Waals surface area contributed by atoms with Crippen LogP contribution in [-0.2, 0) is 0 Å². The second kappa shape index (κ2) is 8.04. The van der Waals surface area contributed by atoms with E-state index in [0.29, 0.717) is 30.2 Å². The second-order valence-electron chi connectivity index (χ2n) is 6.71. The Balaban J connectivity index is 1.46. The largest absolute Gasteiger partial charge is 0.338 e. The summed E-state index contributed by atoms with van der Waals surface area (Å²) < 4.78 is 0. The molecule has 1 amide bonds. The van der Waals surface area contributed by atoms with Crippen LogP contribution in [-0.4, -0.2) is 49.6 Å². The van der Waals surface area contributed by atoms with Crippen LogP contribution in [0.25, 0.3) is 11.4 Å². The van der Waals surface area contributed by atoms with Crippen LogP contribution in [0.4, 0.5) is 0 Å². The lowest BCUT2D eigenvalue weighted by Crippen LogP contribution is -2.42. The number of piperidine rings is 1. The van der Waals surface area contributed by atoms with Gasteiger partial charge in [-0.3, -0.25) is 19.6 Å². The fraction of sp³-hybridized carbons (Fsp3) is 0.238. The van der Waals surface area contributed by atoms with Crippen LogP contribution in [0.5, 0.6) is 0 Å². The minimum Gasteiger partial charge on any atom is -0.338 e. The molecule has 4 heterocycles. The highest BCUT2D eigenvalue weighted by molar-refractivity contribution is 5.98. The lowest BCUT2D eigenvalue weighted by Gasteiger charge is -2.31. The summed E-state index contributed by atoms with van der Waals surface area (Å²) in [7, 11) is 0. The number of Topliss-reactive ketones (excluding diaryl/α,β-unsaturated/α-hetero) is 1. The van der Waals surface area contributed by atoms with Gasteiger partial charge in [0, 0.05) is 55.6 Å². The van der Waals surface area contributed by atoms with Crippen LogP contribution >= 0.6 is 0 Å². The maximum atomic E-state index is 12.9. The molecule has 0 spiro atoms. The highest BCUT2D eigenvalue weighted by Gasteiger charge is 2.30. The van der Waals surface area contributed by atoms with Gasteiger partial charge in [-0.05, 0) is 37.1 Å². The van der Waals surface area contributed by atoms with Crippen molar-refractivity contribution in [3.05, 3.63) is 72.6 Å². The molecule has 7 heteroatoms. The molecule has 0 bridgehead atoms. The Morgan fingerprint density at radius 1 is 0.964 bits per heavy atom. The molecule has 140 valence electrons. The third kappa shape index (κ3) is 3.78. The van der Waals surface area contributed by atoms with E-state index in [-0.39, 0.29) is 17.6 Å². The molecule has 1 saturated heterocycles. The normalized spacial score (nSPS) is 16.6. The van der Waals surface area contributed by atoms with Crippen LogP contribution in [0.3, 0.4) is 0 Å². The Morgan fingerprint density at radius 3 is 2.54 bits per heavy atom. The Kier molecular flexibility index (Phi) is 5.14. The van der Waals surface area contributed by atoms with Gasteiger partial charge in [0.05, 0.1) is 5.56 Å². The van der Waals surface area contributed by atoms with E-state index in [4.69, 9.17) is 0 Å². The van der Waals surface area contributed by atoms with Crippen molar-refractivity contribution in [1.82, 2.24) is 24.8 Å². The fourth-order valence-electron chi connectivity index (χ4n) is 3.36. The number of aromatic nitrogens is 4. The first-order chi connectivity index (χ1) is 13.7. The summed E-state index contributed by atoms with van der Waals surface area (Å²) in [5, 5.41) is 0. The zero-order valence-corrected chi connectivity index (χ0v) is 15.2. The predicted octanol–water partition coefficient (Wildman–Crippen LogP) is 2.67. The van der Waals surface area contributed by atoms with Crippen molar-refractivity contribution in [2.75, 3.05) is 13.1 Å². The number of rotatable bonds is 4. The molecule has 4 rings (SSSR count). The summed E-state index contributed by atoms with van der Waals surface area (Å²) in [5.41, 5.74) is 1.66. The lowest BCUT2D eigenvalue weighted by atomic mass is 9.91. The molecule has 0 aliphatic carbocycles. The molecule has 0 radical (unpaired) electrons. The molecule has 0 aromatic carbocycles. The average Bonchev–Trinajstić information content (AvgIpc) is 2.79. The molecular weight excluding hydrogens is 354 g/mol. The monoisotopic (exact) mass is 373 g/mol. The van der Waals surface area contributed by atoms with Gasteiger partial charge in [0.25, 0.3) is 5.91 Å². The number of hydrogen-bond donors (Lipinski definition) is 0. The van der Waals surface area contributed by atoms with Crippen LogP contribution in [0.2, 0.25) is 0 Å². The maximum Gasteiger partial charge on any atom is 0.257 e. The molecule has 28 heavy (non-hydrogen) atoms. The van der Waals surface area contributed by atoms with Crippen molar-refractivity contribution in [3.8, 4) is 11.4 Å². The Bertz CT molecular complexity index is 961. The summed E-state index contributed by atoms with van der Waals surface area (Å²) in [6.07, 6.45) is 9.57. The summed E-state index contributed by atoms with van der Waals surface area (Å²) in [5.74, 6) is 0.118. The zero-order chi connectivity index (χ0) is 19.3. The van der Waals surface area contributed by atoms with E-state index in [9.17, 15) is 9.59 Å². The number of carbonyl (C=O) groups is 2. The van der Waals surface area contributed by atoms with Crippen LogP contribution in [0.1, 0.15) is 33.7 Å². The van der Waals surface area contributed by atoms with Gasteiger partial charge in [0.15, 0.2) is 11.6 Å². The molecule has 7 nitrogen and oxygen atoms in total. The minimum absolute atomic E-state index is 0.0127. The predicted molar refractivity (Wildman–Crippen MR) is 102 cm³/mol. The third-order valence-electron chi connectivity index (χ3n) is 4.82. The molecule has 1 aliphatic rings. The Morgan fingerprint density at radius 2 is 1.82 bits per heavy atom. The number of ketones is 1. The number of carbonyl (C=O) groups excluding carboxylic acids is 2. The Labute approximate surface area is 162 Å². The van der Waals surface area contributed by atoms with Crippen molar-refractivity contribution in [2.24, 2.45) is 5.92 Å².